The monoisotopic (exact) mass is 353 g/mol. The van der Waals surface area contributed by atoms with E-state index in [0.29, 0.717) is 25.4 Å². The summed E-state index contributed by atoms with van der Waals surface area (Å²) in [5.74, 6) is 0.297. The lowest BCUT2D eigenvalue weighted by molar-refractivity contribution is -0.120. The van der Waals surface area contributed by atoms with Crippen LogP contribution in [0, 0.1) is 5.92 Å². The van der Waals surface area contributed by atoms with Gasteiger partial charge in [0, 0.05) is 17.5 Å². The molecule has 126 valence electrons. The van der Waals surface area contributed by atoms with Gasteiger partial charge in [-0.05, 0) is 24.4 Å². The van der Waals surface area contributed by atoms with Crippen molar-refractivity contribution in [2.24, 2.45) is 11.7 Å². The number of carbonyl (C=O) groups excluding carboxylic acids is 1. The number of nitrogens with zero attached hydrogens (tertiary/aromatic N) is 1. The van der Waals surface area contributed by atoms with Gasteiger partial charge in [0.05, 0.1) is 12.1 Å². The maximum atomic E-state index is 11.9. The van der Waals surface area contributed by atoms with Crippen LogP contribution in [-0.4, -0.2) is 24.0 Å². The molecule has 0 radical (unpaired) electrons. The van der Waals surface area contributed by atoms with Gasteiger partial charge >= 0.3 is 0 Å². The zero-order valence-electron chi connectivity index (χ0n) is 13.5. The average molecular weight is 354 g/mol. The highest BCUT2D eigenvalue weighted by molar-refractivity contribution is 7.13. The van der Waals surface area contributed by atoms with Crippen molar-refractivity contribution in [2.75, 3.05) is 13.1 Å². The van der Waals surface area contributed by atoms with E-state index in [4.69, 9.17) is 5.73 Å². The molecule has 0 saturated carbocycles. The lowest BCUT2D eigenvalue weighted by Crippen LogP contribution is -2.32. The predicted molar refractivity (Wildman–Crippen MR) is 99.1 cm³/mol. The maximum Gasteiger partial charge on any atom is 0.226 e. The second-order valence-corrected chi connectivity index (χ2v) is 6.37. The third-order valence-corrected chi connectivity index (χ3v) is 4.49. The molecule has 2 rings (SSSR count). The Morgan fingerprint density at radius 3 is 2.65 bits per heavy atom. The third-order valence-electron chi connectivity index (χ3n) is 3.55. The van der Waals surface area contributed by atoms with Crippen LogP contribution in [-0.2, 0) is 17.6 Å². The summed E-state index contributed by atoms with van der Waals surface area (Å²) in [4.78, 5) is 16.4. The minimum Gasteiger partial charge on any atom is -0.355 e. The first-order chi connectivity index (χ1) is 10.6. The van der Waals surface area contributed by atoms with Crippen molar-refractivity contribution >= 4 is 29.7 Å². The number of hydrogen-bond acceptors (Lipinski definition) is 4. The summed E-state index contributed by atoms with van der Waals surface area (Å²) in [7, 11) is 0. The first-order valence-electron chi connectivity index (χ1n) is 7.62. The Kier molecular flexibility index (Phi) is 8.23. The molecule has 1 unspecified atom stereocenters. The Bertz CT molecular complexity index is 613. The quantitative estimate of drug-likeness (QED) is 0.803. The molecule has 1 aromatic heterocycles. The topological polar surface area (TPSA) is 68.0 Å². The Balaban J connectivity index is 0.00000264. The van der Waals surface area contributed by atoms with Crippen molar-refractivity contribution in [1.29, 1.82) is 0 Å². The van der Waals surface area contributed by atoms with Gasteiger partial charge in [-0.3, -0.25) is 4.79 Å². The van der Waals surface area contributed by atoms with Crippen LogP contribution < -0.4 is 11.1 Å². The van der Waals surface area contributed by atoms with E-state index in [-0.39, 0.29) is 18.3 Å². The number of carbonyl (C=O) groups is 1. The van der Waals surface area contributed by atoms with E-state index in [9.17, 15) is 4.79 Å². The van der Waals surface area contributed by atoms with E-state index >= 15 is 0 Å². The second kappa shape index (κ2) is 9.65. The zero-order chi connectivity index (χ0) is 15.9. The van der Waals surface area contributed by atoms with E-state index in [2.05, 4.69) is 41.5 Å². The van der Waals surface area contributed by atoms with Gasteiger partial charge in [0.15, 0.2) is 0 Å². The molecule has 4 nitrogen and oxygen atoms in total. The molecule has 0 aliphatic rings. The SMILES string of the molecule is CCc1ccc(-c2nc(CC(=O)NCC(C)CN)cs2)cc1.Cl. The molecule has 0 aliphatic carbocycles. The maximum absolute atomic E-state index is 11.9. The molecule has 23 heavy (non-hydrogen) atoms. The summed E-state index contributed by atoms with van der Waals surface area (Å²) in [5.41, 5.74) is 8.77. The summed E-state index contributed by atoms with van der Waals surface area (Å²) in [6.45, 7) is 5.35. The molecular weight excluding hydrogens is 330 g/mol. The molecule has 1 aromatic carbocycles. The van der Waals surface area contributed by atoms with Gasteiger partial charge in [0.1, 0.15) is 5.01 Å². The van der Waals surface area contributed by atoms with Gasteiger partial charge in [-0.1, -0.05) is 38.1 Å². The Labute approximate surface area is 147 Å². The number of amides is 1. The number of nitrogens with two attached hydrogens (primary N) is 1. The molecule has 2 aromatic rings. The highest BCUT2D eigenvalue weighted by Gasteiger charge is 2.10. The summed E-state index contributed by atoms with van der Waals surface area (Å²) >= 11 is 1.58. The number of halogens is 1. The van der Waals surface area contributed by atoms with Crippen LogP contribution in [0.3, 0.4) is 0 Å². The number of thiazole rings is 1. The van der Waals surface area contributed by atoms with Crippen LogP contribution in [0.1, 0.15) is 25.1 Å². The van der Waals surface area contributed by atoms with E-state index in [1.165, 1.54) is 5.56 Å². The molecule has 0 saturated heterocycles. The Morgan fingerprint density at radius 2 is 2.04 bits per heavy atom. The van der Waals surface area contributed by atoms with Crippen LogP contribution in [0.15, 0.2) is 29.6 Å². The Morgan fingerprint density at radius 1 is 1.35 bits per heavy atom. The van der Waals surface area contributed by atoms with Crippen LogP contribution in [0.4, 0.5) is 0 Å². The molecular formula is C17H24ClN3OS. The molecule has 1 atom stereocenters. The zero-order valence-corrected chi connectivity index (χ0v) is 15.2. The van der Waals surface area contributed by atoms with Crippen molar-refractivity contribution in [2.45, 2.75) is 26.7 Å². The fourth-order valence-corrected chi connectivity index (χ4v) is 2.83. The minimum atomic E-state index is -0.00141. The Hall–Kier alpha value is -1.43. The lowest BCUT2D eigenvalue weighted by Gasteiger charge is -2.09. The molecule has 3 N–H and O–H groups in total. The first-order valence-corrected chi connectivity index (χ1v) is 8.50. The smallest absolute Gasteiger partial charge is 0.226 e. The third kappa shape index (κ3) is 5.94. The molecule has 0 fully saturated rings. The van der Waals surface area contributed by atoms with E-state index in [0.717, 1.165) is 22.7 Å². The summed E-state index contributed by atoms with van der Waals surface area (Å²) < 4.78 is 0. The van der Waals surface area contributed by atoms with E-state index in [1.807, 2.05) is 12.3 Å². The van der Waals surface area contributed by atoms with Gasteiger partial charge in [0.25, 0.3) is 0 Å². The molecule has 6 heteroatoms. The van der Waals surface area contributed by atoms with Crippen LogP contribution in [0.25, 0.3) is 10.6 Å². The second-order valence-electron chi connectivity index (χ2n) is 5.52. The predicted octanol–water partition coefficient (Wildman–Crippen LogP) is 3.05. The fourth-order valence-electron chi connectivity index (χ4n) is 2.00. The highest BCUT2D eigenvalue weighted by atomic mass is 35.5. The molecule has 0 spiro atoms. The number of aromatic nitrogens is 1. The summed E-state index contributed by atoms with van der Waals surface area (Å²) in [5, 5.41) is 5.80. The van der Waals surface area contributed by atoms with Gasteiger partial charge in [-0.2, -0.15) is 0 Å². The van der Waals surface area contributed by atoms with Crippen LogP contribution in [0.5, 0.6) is 0 Å². The van der Waals surface area contributed by atoms with Crippen molar-refractivity contribution in [1.82, 2.24) is 10.3 Å². The van der Waals surface area contributed by atoms with E-state index < -0.39 is 0 Å². The highest BCUT2D eigenvalue weighted by Crippen LogP contribution is 2.24. The standard InChI is InChI=1S/C17H23N3OS.ClH/c1-3-13-4-6-14(7-5-13)17-20-15(11-22-17)8-16(21)19-10-12(2)9-18;/h4-7,11-12H,3,8-10,18H2,1-2H3,(H,19,21);1H. The number of hydrogen-bond donors (Lipinski definition) is 2. The van der Waals surface area contributed by atoms with Crippen molar-refractivity contribution in [3.05, 3.63) is 40.9 Å². The number of rotatable bonds is 7. The number of benzene rings is 1. The van der Waals surface area contributed by atoms with Gasteiger partial charge < -0.3 is 11.1 Å². The fraction of sp³-hybridized carbons (Fsp3) is 0.412. The molecule has 0 aliphatic heterocycles. The number of aryl methyl sites for hydroxylation is 1. The molecule has 0 bridgehead atoms. The lowest BCUT2D eigenvalue weighted by atomic mass is 10.1. The number of nitrogens with one attached hydrogen (secondary N) is 1. The van der Waals surface area contributed by atoms with E-state index in [1.54, 1.807) is 11.3 Å². The van der Waals surface area contributed by atoms with Crippen LogP contribution >= 0.6 is 23.7 Å². The molecule has 1 heterocycles. The van der Waals surface area contributed by atoms with Crippen molar-refractivity contribution < 1.29 is 4.79 Å². The van der Waals surface area contributed by atoms with Crippen LogP contribution in [0.2, 0.25) is 0 Å². The van der Waals surface area contributed by atoms with Gasteiger partial charge in [0.2, 0.25) is 5.91 Å². The average Bonchev–Trinajstić information content (AvgIpc) is 3.01. The van der Waals surface area contributed by atoms with Gasteiger partial charge in [-0.15, -0.1) is 23.7 Å². The normalized spacial score (nSPS) is 11.6. The summed E-state index contributed by atoms with van der Waals surface area (Å²) in [6, 6.07) is 8.42. The largest absolute Gasteiger partial charge is 0.355 e. The minimum absolute atomic E-state index is 0. The summed E-state index contributed by atoms with van der Waals surface area (Å²) in [6.07, 6.45) is 1.35. The van der Waals surface area contributed by atoms with Crippen molar-refractivity contribution in [3.8, 4) is 10.6 Å². The van der Waals surface area contributed by atoms with Crippen molar-refractivity contribution in [3.63, 3.8) is 0 Å². The first kappa shape index (κ1) is 19.6. The molecule has 1 amide bonds. The van der Waals surface area contributed by atoms with Gasteiger partial charge in [-0.25, -0.2) is 4.98 Å².